The highest BCUT2D eigenvalue weighted by atomic mass is 16.4. The van der Waals surface area contributed by atoms with Crippen molar-refractivity contribution in [1.29, 1.82) is 0 Å². The lowest BCUT2D eigenvalue weighted by atomic mass is 9.87. The Labute approximate surface area is 154 Å². The van der Waals surface area contributed by atoms with E-state index in [1.807, 2.05) is 74.5 Å². The highest BCUT2D eigenvalue weighted by Gasteiger charge is 2.42. The van der Waals surface area contributed by atoms with Crippen molar-refractivity contribution in [3.63, 3.8) is 0 Å². The van der Waals surface area contributed by atoms with Crippen molar-refractivity contribution < 1.29 is 14.7 Å². The number of aliphatic carboxylic acids is 1. The summed E-state index contributed by atoms with van der Waals surface area (Å²) in [4.78, 5) is 26.8. The van der Waals surface area contributed by atoms with Crippen LogP contribution >= 0.6 is 0 Å². The molecule has 0 spiro atoms. The Kier molecular flexibility index (Phi) is 5.40. The van der Waals surface area contributed by atoms with Crippen molar-refractivity contribution >= 4 is 11.9 Å². The van der Waals surface area contributed by atoms with Gasteiger partial charge in [0, 0.05) is 19.0 Å². The average Bonchev–Trinajstić information content (AvgIpc) is 3.09. The van der Waals surface area contributed by atoms with Gasteiger partial charge < -0.3 is 10.0 Å². The standard InChI is InChI=1S/C22H25NO3/c1-15(2)20(17-11-7-4-8-12-17)21(24)23-13-18(19(14-23)22(25)26)16-9-5-3-6-10-16/h3-12,15,18-20H,13-14H2,1-2H3,(H,25,26). The van der Waals surface area contributed by atoms with Gasteiger partial charge in [0.05, 0.1) is 11.8 Å². The van der Waals surface area contributed by atoms with Crippen LogP contribution in [-0.2, 0) is 9.59 Å². The van der Waals surface area contributed by atoms with Crippen LogP contribution in [0, 0.1) is 11.8 Å². The number of benzene rings is 2. The van der Waals surface area contributed by atoms with Crippen LogP contribution in [-0.4, -0.2) is 35.0 Å². The first-order valence-corrected chi connectivity index (χ1v) is 9.10. The van der Waals surface area contributed by atoms with Crippen molar-refractivity contribution in [2.45, 2.75) is 25.7 Å². The van der Waals surface area contributed by atoms with Gasteiger partial charge in [-0.25, -0.2) is 0 Å². The fraction of sp³-hybridized carbons (Fsp3) is 0.364. The average molecular weight is 351 g/mol. The second-order valence-electron chi connectivity index (χ2n) is 7.34. The zero-order chi connectivity index (χ0) is 18.7. The number of hydrogen-bond donors (Lipinski definition) is 1. The molecule has 0 aliphatic carbocycles. The van der Waals surface area contributed by atoms with Crippen LogP contribution in [0.15, 0.2) is 60.7 Å². The minimum atomic E-state index is -0.838. The lowest BCUT2D eigenvalue weighted by molar-refractivity contribution is -0.142. The fourth-order valence-electron chi connectivity index (χ4n) is 3.94. The van der Waals surface area contributed by atoms with Crippen molar-refractivity contribution in [2.75, 3.05) is 13.1 Å². The third-order valence-electron chi connectivity index (χ3n) is 5.27. The van der Waals surface area contributed by atoms with E-state index in [1.54, 1.807) is 4.90 Å². The van der Waals surface area contributed by atoms with E-state index in [9.17, 15) is 14.7 Å². The number of hydrogen-bond acceptors (Lipinski definition) is 2. The summed E-state index contributed by atoms with van der Waals surface area (Å²) in [5.41, 5.74) is 1.97. The van der Waals surface area contributed by atoms with Crippen molar-refractivity contribution in [2.24, 2.45) is 11.8 Å². The second-order valence-corrected chi connectivity index (χ2v) is 7.34. The lowest BCUT2D eigenvalue weighted by Crippen LogP contribution is -2.36. The molecule has 1 aliphatic rings. The van der Waals surface area contributed by atoms with Gasteiger partial charge in [0.25, 0.3) is 0 Å². The fourth-order valence-corrected chi connectivity index (χ4v) is 3.94. The number of rotatable bonds is 5. The third-order valence-corrected chi connectivity index (χ3v) is 5.27. The van der Waals surface area contributed by atoms with Gasteiger partial charge in [-0.2, -0.15) is 0 Å². The van der Waals surface area contributed by atoms with Gasteiger partial charge in [-0.3, -0.25) is 9.59 Å². The molecule has 3 rings (SSSR count). The van der Waals surface area contributed by atoms with Gasteiger partial charge in [0.15, 0.2) is 0 Å². The molecule has 3 unspecified atom stereocenters. The first-order valence-electron chi connectivity index (χ1n) is 9.10. The van der Waals surface area contributed by atoms with Crippen LogP contribution in [0.25, 0.3) is 0 Å². The molecule has 2 aromatic rings. The van der Waals surface area contributed by atoms with Crippen LogP contribution in [0.3, 0.4) is 0 Å². The maximum Gasteiger partial charge on any atom is 0.308 e. The summed E-state index contributed by atoms with van der Waals surface area (Å²) >= 11 is 0. The molecule has 1 N–H and O–H groups in total. The Bertz CT molecular complexity index is 757. The quantitative estimate of drug-likeness (QED) is 0.892. The molecule has 0 saturated carbocycles. The molecule has 0 radical (unpaired) electrons. The molecular weight excluding hydrogens is 326 g/mol. The van der Waals surface area contributed by atoms with Gasteiger partial charge in [0.2, 0.25) is 5.91 Å². The molecule has 26 heavy (non-hydrogen) atoms. The van der Waals surface area contributed by atoms with E-state index in [0.29, 0.717) is 6.54 Å². The molecule has 1 saturated heterocycles. The normalized spacial score (nSPS) is 21.0. The summed E-state index contributed by atoms with van der Waals surface area (Å²) < 4.78 is 0. The SMILES string of the molecule is CC(C)C(C(=O)N1CC(C(=O)O)C(c2ccccc2)C1)c1ccccc1. The number of carboxylic acid groups (broad SMARTS) is 1. The number of nitrogens with zero attached hydrogens (tertiary/aromatic N) is 1. The number of amides is 1. The van der Waals surface area contributed by atoms with E-state index in [1.165, 1.54) is 0 Å². The van der Waals surface area contributed by atoms with E-state index in [2.05, 4.69) is 0 Å². The first-order chi connectivity index (χ1) is 12.5. The van der Waals surface area contributed by atoms with E-state index in [-0.39, 0.29) is 30.2 Å². The zero-order valence-corrected chi connectivity index (χ0v) is 15.2. The minimum absolute atomic E-state index is 0.0240. The summed E-state index contributed by atoms with van der Waals surface area (Å²) in [6, 6.07) is 19.4. The largest absolute Gasteiger partial charge is 0.481 e. The first kappa shape index (κ1) is 18.2. The minimum Gasteiger partial charge on any atom is -0.481 e. The third kappa shape index (κ3) is 3.64. The molecule has 4 nitrogen and oxygen atoms in total. The number of carbonyl (C=O) groups excluding carboxylic acids is 1. The van der Waals surface area contributed by atoms with E-state index in [4.69, 9.17) is 0 Å². The Hall–Kier alpha value is -2.62. The molecule has 0 aromatic heterocycles. The molecule has 136 valence electrons. The van der Waals surface area contributed by atoms with Crippen LogP contribution in [0.2, 0.25) is 0 Å². The van der Waals surface area contributed by atoms with Crippen LogP contribution in [0.5, 0.6) is 0 Å². The van der Waals surface area contributed by atoms with Gasteiger partial charge >= 0.3 is 5.97 Å². The summed E-state index contributed by atoms with van der Waals surface area (Å²) in [6.07, 6.45) is 0. The second kappa shape index (κ2) is 7.73. The summed E-state index contributed by atoms with van der Waals surface area (Å²) in [5, 5.41) is 9.67. The van der Waals surface area contributed by atoms with Crippen molar-refractivity contribution in [1.82, 2.24) is 4.90 Å². The van der Waals surface area contributed by atoms with Gasteiger partial charge in [0.1, 0.15) is 0 Å². The summed E-state index contributed by atoms with van der Waals surface area (Å²) in [5.74, 6) is -1.65. The molecule has 4 heteroatoms. The highest BCUT2D eigenvalue weighted by molar-refractivity contribution is 5.85. The van der Waals surface area contributed by atoms with Gasteiger partial charge in [-0.05, 0) is 17.0 Å². The Morgan fingerprint density at radius 3 is 2.08 bits per heavy atom. The molecule has 0 bridgehead atoms. The maximum absolute atomic E-state index is 13.3. The molecular formula is C22H25NO3. The van der Waals surface area contributed by atoms with Crippen LogP contribution in [0.4, 0.5) is 0 Å². The highest BCUT2D eigenvalue weighted by Crippen LogP contribution is 2.36. The van der Waals surface area contributed by atoms with Gasteiger partial charge in [-0.15, -0.1) is 0 Å². The maximum atomic E-state index is 13.3. The molecule has 3 atom stereocenters. The topological polar surface area (TPSA) is 57.6 Å². The van der Waals surface area contributed by atoms with E-state index < -0.39 is 11.9 Å². The van der Waals surface area contributed by atoms with Crippen LogP contribution in [0.1, 0.15) is 36.8 Å². The predicted octanol–water partition coefficient (Wildman–Crippen LogP) is 3.75. The zero-order valence-electron chi connectivity index (χ0n) is 15.2. The predicted molar refractivity (Wildman–Crippen MR) is 101 cm³/mol. The Balaban J connectivity index is 1.86. The number of carbonyl (C=O) groups is 2. The summed E-state index contributed by atoms with van der Waals surface area (Å²) in [7, 11) is 0. The monoisotopic (exact) mass is 351 g/mol. The Morgan fingerprint density at radius 2 is 1.54 bits per heavy atom. The van der Waals surface area contributed by atoms with Gasteiger partial charge in [-0.1, -0.05) is 74.5 Å². The smallest absolute Gasteiger partial charge is 0.308 e. The van der Waals surface area contributed by atoms with Crippen molar-refractivity contribution in [3.05, 3.63) is 71.8 Å². The van der Waals surface area contributed by atoms with E-state index >= 15 is 0 Å². The summed E-state index contributed by atoms with van der Waals surface area (Å²) in [6.45, 7) is 4.80. The molecule has 1 aliphatic heterocycles. The molecule has 1 amide bonds. The molecule has 1 fully saturated rings. The lowest BCUT2D eigenvalue weighted by Gasteiger charge is -2.26. The van der Waals surface area contributed by atoms with E-state index in [0.717, 1.165) is 11.1 Å². The van der Waals surface area contributed by atoms with Crippen LogP contribution < -0.4 is 0 Å². The molecule has 2 aromatic carbocycles. The number of carboxylic acids is 1. The molecule has 1 heterocycles. The van der Waals surface area contributed by atoms with Crippen molar-refractivity contribution in [3.8, 4) is 0 Å². The number of likely N-dealkylation sites (tertiary alicyclic amines) is 1. The Morgan fingerprint density at radius 1 is 0.962 bits per heavy atom.